The van der Waals surface area contributed by atoms with Crippen LogP contribution in [0.1, 0.15) is 36.5 Å². The first kappa shape index (κ1) is 14.8. The molecule has 20 heavy (non-hydrogen) atoms. The van der Waals surface area contributed by atoms with Gasteiger partial charge in [-0.2, -0.15) is 0 Å². The maximum atomic E-state index is 12.5. The normalized spacial score (nSPS) is 16.1. The van der Waals surface area contributed by atoms with Crippen molar-refractivity contribution in [1.29, 1.82) is 0 Å². The molecule has 0 radical (unpaired) electrons. The van der Waals surface area contributed by atoms with Gasteiger partial charge in [0.2, 0.25) is 0 Å². The molecule has 0 aliphatic carbocycles. The molecule has 0 bridgehead atoms. The van der Waals surface area contributed by atoms with Gasteiger partial charge >= 0.3 is 0 Å². The Morgan fingerprint density at radius 2 is 2.15 bits per heavy atom. The summed E-state index contributed by atoms with van der Waals surface area (Å²) >= 11 is 0. The first-order valence-corrected chi connectivity index (χ1v) is 7.39. The largest absolute Gasteiger partial charge is 0.367 e. The molecular formula is C15H23N3O2. The number of hydrogen-bond donors (Lipinski definition) is 2. The van der Waals surface area contributed by atoms with Gasteiger partial charge in [-0.3, -0.25) is 9.59 Å². The van der Waals surface area contributed by atoms with Crippen molar-refractivity contribution in [3.05, 3.63) is 34.2 Å². The molecule has 0 aromatic carbocycles. The van der Waals surface area contributed by atoms with Crippen LogP contribution in [0.4, 0.5) is 0 Å². The summed E-state index contributed by atoms with van der Waals surface area (Å²) in [5.74, 6) is 0.391. The summed E-state index contributed by atoms with van der Waals surface area (Å²) in [6, 6.07) is 1.40. The first-order valence-electron chi connectivity index (χ1n) is 7.39. The summed E-state index contributed by atoms with van der Waals surface area (Å²) in [7, 11) is 0. The lowest BCUT2D eigenvalue weighted by Crippen LogP contribution is -2.41. The molecule has 1 saturated heterocycles. The highest BCUT2D eigenvalue weighted by molar-refractivity contribution is 5.93. The Balaban J connectivity index is 2.09. The standard InChI is InChI=1S/C15H23N3O2/c1-2-9-18(11-12-3-6-16-7-4-12)15(20)13-10-17-8-5-14(13)19/h5,8,10,12,16H,2-4,6-7,9,11H2,1H3,(H,17,19). The van der Waals surface area contributed by atoms with Crippen LogP contribution >= 0.6 is 0 Å². The number of H-pyrrole nitrogens is 1. The Labute approximate surface area is 119 Å². The van der Waals surface area contributed by atoms with Crippen LogP contribution in [0.5, 0.6) is 0 Å². The summed E-state index contributed by atoms with van der Waals surface area (Å²) in [5, 5.41) is 3.33. The van der Waals surface area contributed by atoms with Gasteiger partial charge in [0.15, 0.2) is 5.43 Å². The van der Waals surface area contributed by atoms with Crippen molar-refractivity contribution in [2.75, 3.05) is 26.2 Å². The lowest BCUT2D eigenvalue weighted by atomic mass is 9.97. The topological polar surface area (TPSA) is 65.2 Å². The monoisotopic (exact) mass is 277 g/mol. The summed E-state index contributed by atoms with van der Waals surface area (Å²) < 4.78 is 0. The second kappa shape index (κ2) is 7.24. The van der Waals surface area contributed by atoms with Gasteiger partial charge in [0.05, 0.1) is 0 Å². The minimum absolute atomic E-state index is 0.146. The molecule has 2 N–H and O–H groups in total. The number of aromatic amines is 1. The second-order valence-electron chi connectivity index (χ2n) is 5.37. The van der Waals surface area contributed by atoms with Crippen LogP contribution in [0.2, 0.25) is 0 Å². The van der Waals surface area contributed by atoms with Crippen LogP contribution < -0.4 is 10.7 Å². The number of piperidine rings is 1. The Morgan fingerprint density at radius 3 is 2.80 bits per heavy atom. The van der Waals surface area contributed by atoms with Gasteiger partial charge in [0.25, 0.3) is 5.91 Å². The molecule has 1 aliphatic heterocycles. The molecule has 1 aromatic heterocycles. The van der Waals surface area contributed by atoms with Crippen molar-refractivity contribution >= 4 is 5.91 Å². The van der Waals surface area contributed by atoms with Crippen LogP contribution in [0.25, 0.3) is 0 Å². The molecule has 0 saturated carbocycles. The first-order chi connectivity index (χ1) is 9.72. The predicted molar refractivity (Wildman–Crippen MR) is 78.9 cm³/mol. The van der Waals surface area contributed by atoms with Gasteiger partial charge in [-0.05, 0) is 38.3 Å². The van der Waals surface area contributed by atoms with Crippen LogP contribution in [0, 0.1) is 5.92 Å². The SMILES string of the molecule is CCCN(CC1CCNCC1)C(=O)c1c[nH]ccc1=O. The zero-order chi connectivity index (χ0) is 14.4. The van der Waals surface area contributed by atoms with Crippen LogP contribution in [0.3, 0.4) is 0 Å². The summed E-state index contributed by atoms with van der Waals surface area (Å²) in [6.07, 6.45) is 6.16. The number of amides is 1. The third-order valence-electron chi connectivity index (χ3n) is 3.77. The van der Waals surface area contributed by atoms with Crippen LogP contribution in [-0.4, -0.2) is 42.0 Å². The number of hydrogen-bond acceptors (Lipinski definition) is 3. The van der Waals surface area contributed by atoms with E-state index in [9.17, 15) is 9.59 Å². The van der Waals surface area contributed by atoms with Gasteiger partial charge in [0, 0.05) is 31.5 Å². The van der Waals surface area contributed by atoms with Gasteiger partial charge in [-0.1, -0.05) is 6.92 Å². The number of pyridine rings is 1. The van der Waals surface area contributed by atoms with Crippen molar-refractivity contribution < 1.29 is 4.79 Å². The minimum atomic E-state index is -0.208. The maximum Gasteiger partial charge on any atom is 0.259 e. The lowest BCUT2D eigenvalue weighted by molar-refractivity contribution is 0.0714. The third-order valence-corrected chi connectivity index (χ3v) is 3.77. The number of aromatic nitrogens is 1. The smallest absolute Gasteiger partial charge is 0.259 e. The Bertz CT molecular complexity index is 492. The van der Waals surface area contributed by atoms with Crippen molar-refractivity contribution in [2.45, 2.75) is 26.2 Å². The van der Waals surface area contributed by atoms with E-state index in [-0.39, 0.29) is 16.9 Å². The number of nitrogens with one attached hydrogen (secondary N) is 2. The minimum Gasteiger partial charge on any atom is -0.367 e. The summed E-state index contributed by atoms with van der Waals surface area (Å²) in [5.41, 5.74) is 0.0371. The van der Waals surface area contributed by atoms with E-state index in [4.69, 9.17) is 0 Å². The van der Waals surface area contributed by atoms with E-state index in [2.05, 4.69) is 17.2 Å². The Morgan fingerprint density at radius 1 is 1.40 bits per heavy atom. The fraction of sp³-hybridized carbons (Fsp3) is 0.600. The quantitative estimate of drug-likeness (QED) is 0.850. The molecule has 1 fully saturated rings. The van der Waals surface area contributed by atoms with Gasteiger partial charge in [-0.25, -0.2) is 0 Å². The molecule has 0 atom stereocenters. The van der Waals surface area contributed by atoms with Gasteiger partial charge in [-0.15, -0.1) is 0 Å². The van der Waals surface area contributed by atoms with Crippen molar-refractivity contribution in [1.82, 2.24) is 15.2 Å². The average molecular weight is 277 g/mol. The summed E-state index contributed by atoms with van der Waals surface area (Å²) in [6.45, 7) is 5.55. The lowest BCUT2D eigenvalue weighted by Gasteiger charge is -2.30. The zero-order valence-electron chi connectivity index (χ0n) is 12.0. The van der Waals surface area contributed by atoms with Gasteiger partial charge in [0.1, 0.15) is 5.56 Å². The molecule has 5 heteroatoms. The van der Waals surface area contributed by atoms with E-state index < -0.39 is 0 Å². The molecule has 0 unspecified atom stereocenters. The van der Waals surface area contributed by atoms with Crippen LogP contribution in [-0.2, 0) is 0 Å². The number of carbonyl (C=O) groups excluding carboxylic acids is 1. The van der Waals surface area contributed by atoms with E-state index in [0.717, 1.165) is 38.9 Å². The fourth-order valence-corrected chi connectivity index (χ4v) is 2.68. The number of nitrogens with zero attached hydrogens (tertiary/aromatic N) is 1. The molecular weight excluding hydrogens is 254 g/mol. The predicted octanol–water partition coefficient (Wildman–Crippen LogP) is 1.23. The molecule has 0 spiro atoms. The highest BCUT2D eigenvalue weighted by Crippen LogP contribution is 2.15. The van der Waals surface area contributed by atoms with E-state index in [1.807, 2.05) is 4.90 Å². The fourth-order valence-electron chi connectivity index (χ4n) is 2.68. The number of carbonyl (C=O) groups is 1. The average Bonchev–Trinajstić information content (AvgIpc) is 2.48. The highest BCUT2D eigenvalue weighted by atomic mass is 16.2. The van der Waals surface area contributed by atoms with Gasteiger partial charge < -0.3 is 15.2 Å². The second-order valence-corrected chi connectivity index (χ2v) is 5.37. The van der Waals surface area contributed by atoms with Crippen molar-refractivity contribution in [3.8, 4) is 0 Å². The third kappa shape index (κ3) is 3.70. The molecule has 5 nitrogen and oxygen atoms in total. The van der Waals surface area contributed by atoms with E-state index in [1.165, 1.54) is 12.3 Å². The molecule has 110 valence electrons. The molecule has 2 heterocycles. The van der Waals surface area contributed by atoms with Crippen LogP contribution in [0.15, 0.2) is 23.3 Å². The Kier molecular flexibility index (Phi) is 5.35. The van der Waals surface area contributed by atoms with E-state index in [1.54, 1.807) is 6.20 Å². The van der Waals surface area contributed by atoms with Crippen molar-refractivity contribution in [2.24, 2.45) is 5.92 Å². The zero-order valence-corrected chi connectivity index (χ0v) is 12.0. The van der Waals surface area contributed by atoms with E-state index >= 15 is 0 Å². The molecule has 2 rings (SSSR count). The molecule has 1 aromatic rings. The van der Waals surface area contributed by atoms with E-state index in [0.29, 0.717) is 12.5 Å². The Hall–Kier alpha value is -1.62. The maximum absolute atomic E-state index is 12.5. The highest BCUT2D eigenvalue weighted by Gasteiger charge is 2.22. The summed E-state index contributed by atoms with van der Waals surface area (Å²) in [4.78, 5) is 29.0. The number of rotatable bonds is 5. The molecule has 1 aliphatic rings. The molecule has 1 amide bonds. The van der Waals surface area contributed by atoms with Crippen molar-refractivity contribution in [3.63, 3.8) is 0 Å².